The van der Waals surface area contributed by atoms with Crippen molar-refractivity contribution in [2.45, 2.75) is 5.38 Å². The van der Waals surface area contributed by atoms with Crippen LogP contribution in [0.1, 0.15) is 0 Å². The molecule has 0 rings (SSSR count). The van der Waals surface area contributed by atoms with Crippen LogP contribution in [0.5, 0.6) is 0 Å². The summed E-state index contributed by atoms with van der Waals surface area (Å²) in [6.07, 6.45) is -0.198. The van der Waals surface area contributed by atoms with Crippen molar-refractivity contribution in [1.29, 1.82) is 0 Å². The highest BCUT2D eigenvalue weighted by atomic mass is 35.5. The Labute approximate surface area is 53.9 Å². The van der Waals surface area contributed by atoms with Crippen molar-refractivity contribution < 1.29 is 13.2 Å². The fourth-order valence-corrected chi connectivity index (χ4v) is 0.412. The topological polar surface area (TPSA) is 0 Å². The van der Waals surface area contributed by atoms with E-state index in [4.69, 9.17) is 0 Å². The normalized spacial score (nSPS) is 14.4. The lowest BCUT2D eigenvalue weighted by molar-refractivity contribution is 0.151. The first kappa shape index (κ1) is 8.11. The molecule has 0 aliphatic heterocycles. The van der Waals surface area contributed by atoms with Crippen molar-refractivity contribution in [3.8, 4) is 0 Å². The zero-order valence-corrected chi connectivity index (χ0v) is 4.98. The summed E-state index contributed by atoms with van der Waals surface area (Å²) in [7, 11) is 0. The SMILES string of the molecule is F/C(Cl)=C/C(F)(F)Cl. The van der Waals surface area contributed by atoms with Gasteiger partial charge in [0.15, 0.2) is 5.29 Å². The van der Waals surface area contributed by atoms with Gasteiger partial charge in [-0.1, -0.05) is 11.6 Å². The van der Waals surface area contributed by atoms with Crippen molar-refractivity contribution >= 4 is 23.2 Å². The van der Waals surface area contributed by atoms with Gasteiger partial charge in [-0.05, 0) is 11.6 Å². The van der Waals surface area contributed by atoms with Crippen molar-refractivity contribution in [3.63, 3.8) is 0 Å². The van der Waals surface area contributed by atoms with Gasteiger partial charge in [0, 0.05) is 6.08 Å². The maximum absolute atomic E-state index is 11.3. The Bertz CT molecular complexity index is 99.6. The molecule has 0 aliphatic rings. The standard InChI is InChI=1S/C3HCl2F3/c4-2(6)1-3(5,7)8/h1H/b2-1+. The number of alkyl halides is 3. The van der Waals surface area contributed by atoms with Crippen LogP contribution in [-0.4, -0.2) is 5.38 Å². The third kappa shape index (κ3) is 6.11. The first-order chi connectivity index (χ1) is 3.42. The van der Waals surface area contributed by atoms with Gasteiger partial charge in [0.1, 0.15) is 0 Å². The summed E-state index contributed by atoms with van der Waals surface area (Å²) in [6.45, 7) is 0. The van der Waals surface area contributed by atoms with E-state index in [1.165, 1.54) is 0 Å². The van der Waals surface area contributed by atoms with Gasteiger partial charge >= 0.3 is 5.38 Å². The summed E-state index contributed by atoms with van der Waals surface area (Å²) in [5.41, 5.74) is 0. The largest absolute Gasteiger partial charge is 0.345 e. The van der Waals surface area contributed by atoms with Crippen molar-refractivity contribution in [2.75, 3.05) is 0 Å². The molecular weight excluding hydrogens is 164 g/mol. The van der Waals surface area contributed by atoms with E-state index in [0.29, 0.717) is 0 Å². The Morgan fingerprint density at radius 1 is 1.50 bits per heavy atom. The molecule has 0 fully saturated rings. The molecule has 0 aromatic heterocycles. The second-order valence-corrected chi connectivity index (χ2v) is 1.84. The van der Waals surface area contributed by atoms with Crippen LogP contribution in [0.2, 0.25) is 0 Å². The highest BCUT2D eigenvalue weighted by Gasteiger charge is 2.21. The number of rotatable bonds is 1. The van der Waals surface area contributed by atoms with Crippen LogP contribution >= 0.6 is 23.2 Å². The molecule has 0 nitrogen and oxygen atoms in total. The summed E-state index contributed by atoms with van der Waals surface area (Å²) in [5.74, 6) is 0. The monoisotopic (exact) mass is 164 g/mol. The maximum atomic E-state index is 11.3. The molecule has 0 N–H and O–H groups in total. The van der Waals surface area contributed by atoms with Crippen LogP contribution in [0.4, 0.5) is 13.2 Å². The Morgan fingerprint density at radius 2 is 1.88 bits per heavy atom. The molecule has 0 aromatic rings. The molecule has 48 valence electrons. The van der Waals surface area contributed by atoms with Crippen molar-refractivity contribution in [2.24, 2.45) is 0 Å². The van der Waals surface area contributed by atoms with E-state index in [-0.39, 0.29) is 6.08 Å². The highest BCUT2D eigenvalue weighted by Crippen LogP contribution is 2.23. The minimum atomic E-state index is -3.67. The lowest BCUT2D eigenvalue weighted by Gasteiger charge is -1.96. The van der Waals surface area contributed by atoms with Gasteiger partial charge in [0.25, 0.3) is 0 Å². The number of halogens is 5. The quantitative estimate of drug-likeness (QED) is 0.524. The summed E-state index contributed by atoms with van der Waals surface area (Å²) in [4.78, 5) is 0. The predicted octanol–water partition coefficient (Wildman–Crippen LogP) is 2.87. The molecule has 8 heavy (non-hydrogen) atoms. The Morgan fingerprint density at radius 3 is 1.88 bits per heavy atom. The van der Waals surface area contributed by atoms with E-state index in [1.807, 2.05) is 0 Å². The molecule has 0 bridgehead atoms. The van der Waals surface area contributed by atoms with Gasteiger partial charge in [0.2, 0.25) is 0 Å². The van der Waals surface area contributed by atoms with Gasteiger partial charge in [-0.2, -0.15) is 13.2 Å². The van der Waals surface area contributed by atoms with E-state index in [1.54, 1.807) is 0 Å². The zero-order chi connectivity index (χ0) is 6.78. The van der Waals surface area contributed by atoms with Crippen LogP contribution in [0.3, 0.4) is 0 Å². The third-order valence-corrected chi connectivity index (χ3v) is 0.491. The average molecular weight is 165 g/mol. The van der Waals surface area contributed by atoms with Crippen molar-refractivity contribution in [1.82, 2.24) is 0 Å². The summed E-state index contributed by atoms with van der Waals surface area (Å²) < 4.78 is 33.9. The second-order valence-electron chi connectivity index (χ2n) is 0.976. The summed E-state index contributed by atoms with van der Waals surface area (Å²) >= 11 is 8.59. The molecule has 0 aliphatic carbocycles. The molecule has 0 radical (unpaired) electrons. The Kier molecular flexibility index (Phi) is 2.63. The molecule has 5 heteroatoms. The lowest BCUT2D eigenvalue weighted by atomic mass is 10.7. The highest BCUT2D eigenvalue weighted by molar-refractivity contribution is 6.29. The van der Waals surface area contributed by atoms with E-state index in [2.05, 4.69) is 23.2 Å². The first-order valence-electron chi connectivity index (χ1n) is 1.52. The molecule has 0 unspecified atom stereocenters. The van der Waals surface area contributed by atoms with Gasteiger partial charge in [-0.15, -0.1) is 0 Å². The second kappa shape index (κ2) is 2.60. The Balaban J connectivity index is 3.89. The molecular formula is C3HCl2F3. The maximum Gasteiger partial charge on any atom is 0.345 e. The predicted molar refractivity (Wildman–Crippen MR) is 25.8 cm³/mol. The van der Waals surface area contributed by atoms with Gasteiger partial charge in [-0.3, -0.25) is 0 Å². The van der Waals surface area contributed by atoms with E-state index in [9.17, 15) is 13.2 Å². The molecule has 0 amide bonds. The van der Waals surface area contributed by atoms with Crippen LogP contribution in [0.25, 0.3) is 0 Å². The lowest BCUT2D eigenvalue weighted by Crippen LogP contribution is -1.98. The van der Waals surface area contributed by atoms with Crippen LogP contribution in [0, 0.1) is 0 Å². The average Bonchev–Trinajstić information content (AvgIpc) is 1.21. The fourth-order valence-electron chi connectivity index (χ4n) is 0.124. The first-order valence-corrected chi connectivity index (χ1v) is 2.28. The van der Waals surface area contributed by atoms with Crippen molar-refractivity contribution in [3.05, 3.63) is 11.4 Å². The molecule has 0 heterocycles. The van der Waals surface area contributed by atoms with E-state index < -0.39 is 10.7 Å². The van der Waals surface area contributed by atoms with Crippen LogP contribution < -0.4 is 0 Å². The fraction of sp³-hybridized carbons (Fsp3) is 0.333. The Hall–Kier alpha value is 0.110. The van der Waals surface area contributed by atoms with Crippen LogP contribution in [0.15, 0.2) is 11.4 Å². The minimum absolute atomic E-state index is 0.198. The molecule has 0 spiro atoms. The molecule has 0 atom stereocenters. The number of hydrogen-bond donors (Lipinski definition) is 0. The number of allylic oxidation sites excluding steroid dienone is 1. The smallest absolute Gasteiger partial charge is 0.194 e. The number of hydrogen-bond acceptors (Lipinski definition) is 0. The molecule has 0 saturated carbocycles. The summed E-state index contributed by atoms with van der Waals surface area (Å²) in [6, 6.07) is 0. The minimum Gasteiger partial charge on any atom is -0.194 e. The van der Waals surface area contributed by atoms with Crippen LogP contribution in [-0.2, 0) is 0 Å². The van der Waals surface area contributed by atoms with E-state index in [0.717, 1.165) is 0 Å². The van der Waals surface area contributed by atoms with Gasteiger partial charge < -0.3 is 0 Å². The third-order valence-electron chi connectivity index (χ3n) is 0.273. The van der Waals surface area contributed by atoms with Gasteiger partial charge in [0.05, 0.1) is 0 Å². The zero-order valence-electron chi connectivity index (χ0n) is 3.47. The van der Waals surface area contributed by atoms with Gasteiger partial charge in [-0.25, -0.2) is 0 Å². The molecule has 0 aromatic carbocycles. The summed E-state index contributed by atoms with van der Waals surface area (Å²) in [5, 5.41) is -5.18. The van der Waals surface area contributed by atoms with E-state index >= 15 is 0 Å². The molecule has 0 saturated heterocycles.